The Labute approximate surface area is 172 Å². The fourth-order valence-electron chi connectivity index (χ4n) is 3.42. The first-order chi connectivity index (χ1) is 13.5. The number of carbonyl (C=O) groups excluding carboxylic acids is 1. The van der Waals surface area contributed by atoms with Gasteiger partial charge in [-0.2, -0.15) is 5.10 Å². The van der Waals surface area contributed by atoms with E-state index >= 15 is 0 Å². The molecule has 2 aromatic carbocycles. The van der Waals surface area contributed by atoms with Crippen LogP contribution >= 0.6 is 23.2 Å². The Bertz CT molecular complexity index is 1100. The Morgan fingerprint density at radius 1 is 1.18 bits per heavy atom. The molecule has 4 rings (SSSR count). The summed E-state index contributed by atoms with van der Waals surface area (Å²) in [5.41, 5.74) is 3.17. The number of hydrogen-bond acceptors (Lipinski definition) is 4. The van der Waals surface area contributed by atoms with E-state index in [4.69, 9.17) is 27.9 Å². The van der Waals surface area contributed by atoms with Gasteiger partial charge in [-0.05, 0) is 29.8 Å². The van der Waals surface area contributed by atoms with E-state index in [-0.39, 0.29) is 11.9 Å². The van der Waals surface area contributed by atoms with E-state index in [1.54, 1.807) is 7.11 Å². The lowest BCUT2D eigenvalue weighted by atomic mass is 9.98. The van der Waals surface area contributed by atoms with Crippen molar-refractivity contribution in [2.75, 3.05) is 7.11 Å². The first-order valence-electron chi connectivity index (χ1n) is 8.74. The summed E-state index contributed by atoms with van der Waals surface area (Å²) in [4.78, 5) is 16.8. The fourth-order valence-corrected chi connectivity index (χ4v) is 3.81. The monoisotopic (exact) mass is 413 g/mol. The Hall–Kier alpha value is -2.63. The summed E-state index contributed by atoms with van der Waals surface area (Å²) in [6.45, 7) is 1.49. The SMILES string of the molecule is COc1cccc2cc([C@@H]3CC(c4ccc(Cl)cc4)=NN3C(C)=O)c(Cl)nc12. The van der Waals surface area contributed by atoms with Crippen LogP contribution in [0.4, 0.5) is 0 Å². The summed E-state index contributed by atoms with van der Waals surface area (Å²) in [7, 11) is 1.60. The average Bonchev–Trinajstić information content (AvgIpc) is 3.13. The molecule has 0 aliphatic carbocycles. The van der Waals surface area contributed by atoms with Gasteiger partial charge in [-0.15, -0.1) is 0 Å². The second-order valence-electron chi connectivity index (χ2n) is 6.54. The molecular formula is C21H17Cl2N3O2. The smallest absolute Gasteiger partial charge is 0.240 e. The summed E-state index contributed by atoms with van der Waals surface area (Å²) in [5, 5.41) is 7.89. The third-order valence-electron chi connectivity index (χ3n) is 4.78. The van der Waals surface area contributed by atoms with E-state index in [9.17, 15) is 4.79 Å². The van der Waals surface area contributed by atoms with Gasteiger partial charge in [0.05, 0.1) is 18.9 Å². The molecule has 0 spiro atoms. The van der Waals surface area contributed by atoms with Crippen LogP contribution < -0.4 is 4.74 Å². The van der Waals surface area contributed by atoms with Crippen LogP contribution in [0.5, 0.6) is 5.75 Å². The zero-order chi connectivity index (χ0) is 19.8. The molecule has 2 heterocycles. The van der Waals surface area contributed by atoms with Gasteiger partial charge in [0.15, 0.2) is 0 Å². The molecule has 1 aliphatic heterocycles. The van der Waals surface area contributed by atoms with Crippen molar-refractivity contribution in [2.24, 2.45) is 5.10 Å². The van der Waals surface area contributed by atoms with Crippen LogP contribution in [0.2, 0.25) is 10.2 Å². The third kappa shape index (κ3) is 3.32. The number of hydrogen-bond donors (Lipinski definition) is 0. The van der Waals surface area contributed by atoms with E-state index in [1.807, 2.05) is 48.5 Å². The van der Waals surface area contributed by atoms with Gasteiger partial charge in [-0.25, -0.2) is 9.99 Å². The topological polar surface area (TPSA) is 54.8 Å². The quantitative estimate of drug-likeness (QED) is 0.551. The van der Waals surface area contributed by atoms with Gasteiger partial charge in [0.2, 0.25) is 5.91 Å². The second-order valence-corrected chi connectivity index (χ2v) is 7.33. The van der Waals surface area contributed by atoms with Crippen LogP contribution in [0.3, 0.4) is 0 Å². The van der Waals surface area contributed by atoms with Crippen LogP contribution in [0.15, 0.2) is 53.6 Å². The predicted octanol–water partition coefficient (Wildman–Crippen LogP) is 5.25. The summed E-state index contributed by atoms with van der Waals surface area (Å²) in [6, 6.07) is 14.7. The van der Waals surface area contributed by atoms with Crippen molar-refractivity contribution in [1.29, 1.82) is 0 Å². The average molecular weight is 414 g/mol. The third-order valence-corrected chi connectivity index (χ3v) is 5.33. The molecule has 0 fully saturated rings. The molecule has 0 saturated carbocycles. The summed E-state index contributed by atoms with van der Waals surface area (Å²) in [5.74, 6) is 0.495. The number of amides is 1. The summed E-state index contributed by atoms with van der Waals surface area (Å²) in [6.07, 6.45) is 0.540. The first-order valence-corrected chi connectivity index (χ1v) is 9.50. The summed E-state index contributed by atoms with van der Waals surface area (Å²) < 4.78 is 5.37. The lowest BCUT2D eigenvalue weighted by molar-refractivity contribution is -0.130. The van der Waals surface area contributed by atoms with Crippen molar-refractivity contribution in [3.05, 3.63) is 69.8 Å². The number of nitrogens with zero attached hydrogens (tertiary/aromatic N) is 3. The van der Waals surface area contributed by atoms with Crippen molar-refractivity contribution < 1.29 is 9.53 Å². The van der Waals surface area contributed by atoms with Gasteiger partial charge in [0.25, 0.3) is 0 Å². The fraction of sp³-hybridized carbons (Fsp3) is 0.190. The van der Waals surface area contributed by atoms with Crippen molar-refractivity contribution in [3.8, 4) is 5.75 Å². The largest absolute Gasteiger partial charge is 0.494 e. The highest BCUT2D eigenvalue weighted by molar-refractivity contribution is 6.31. The highest BCUT2D eigenvalue weighted by atomic mass is 35.5. The van der Waals surface area contributed by atoms with Crippen LogP contribution in [0.1, 0.15) is 30.5 Å². The van der Waals surface area contributed by atoms with Crippen molar-refractivity contribution in [3.63, 3.8) is 0 Å². The van der Waals surface area contributed by atoms with Crippen LogP contribution in [-0.4, -0.2) is 28.7 Å². The Balaban J connectivity index is 1.77. The normalized spacial score (nSPS) is 16.4. The zero-order valence-electron chi connectivity index (χ0n) is 15.3. The number of para-hydroxylation sites is 1. The lowest BCUT2D eigenvalue weighted by Crippen LogP contribution is -2.24. The Kier molecular flexibility index (Phi) is 4.96. The molecule has 1 atom stereocenters. The molecule has 0 radical (unpaired) electrons. The molecule has 142 valence electrons. The second kappa shape index (κ2) is 7.41. The van der Waals surface area contributed by atoms with Gasteiger partial charge in [-0.1, -0.05) is 47.5 Å². The number of pyridine rings is 1. The first kappa shape index (κ1) is 18.7. The Morgan fingerprint density at radius 3 is 2.61 bits per heavy atom. The maximum atomic E-state index is 12.3. The Morgan fingerprint density at radius 2 is 1.93 bits per heavy atom. The van der Waals surface area contributed by atoms with E-state index in [0.717, 1.165) is 22.2 Å². The molecule has 0 unspecified atom stereocenters. The van der Waals surface area contributed by atoms with Gasteiger partial charge in [0.1, 0.15) is 16.4 Å². The molecule has 3 aromatic rings. The van der Waals surface area contributed by atoms with Crippen LogP contribution in [0.25, 0.3) is 10.9 Å². The lowest BCUT2D eigenvalue weighted by Gasteiger charge is -2.21. The number of methoxy groups -OCH3 is 1. The number of aromatic nitrogens is 1. The van der Waals surface area contributed by atoms with E-state index < -0.39 is 0 Å². The van der Waals surface area contributed by atoms with Gasteiger partial charge in [-0.3, -0.25) is 4.79 Å². The van der Waals surface area contributed by atoms with E-state index in [0.29, 0.717) is 27.9 Å². The standard InChI is InChI=1S/C21H17Cl2N3O2/c1-12(27)26-18(11-17(25-26)13-6-8-15(22)9-7-13)16-10-14-4-3-5-19(28-2)20(14)24-21(16)23/h3-10,18H,11H2,1-2H3/t18-/m0/s1. The number of rotatable bonds is 3. The minimum absolute atomic E-state index is 0.157. The van der Waals surface area contributed by atoms with E-state index in [2.05, 4.69) is 10.1 Å². The van der Waals surface area contributed by atoms with Crippen molar-refractivity contribution >= 4 is 45.7 Å². The van der Waals surface area contributed by atoms with Gasteiger partial charge in [0, 0.05) is 29.3 Å². The number of ether oxygens (including phenoxy) is 1. The van der Waals surface area contributed by atoms with Crippen LogP contribution in [0, 0.1) is 0 Å². The number of fused-ring (bicyclic) bond motifs is 1. The minimum atomic E-state index is -0.321. The number of halogens is 2. The highest BCUT2D eigenvalue weighted by Gasteiger charge is 2.33. The molecule has 0 saturated heterocycles. The zero-order valence-corrected chi connectivity index (χ0v) is 16.8. The summed E-state index contributed by atoms with van der Waals surface area (Å²) >= 11 is 12.5. The molecule has 1 aromatic heterocycles. The molecule has 7 heteroatoms. The van der Waals surface area contributed by atoms with Gasteiger partial charge >= 0.3 is 0 Å². The van der Waals surface area contributed by atoms with Crippen molar-refractivity contribution in [1.82, 2.24) is 9.99 Å². The number of hydrazone groups is 1. The maximum absolute atomic E-state index is 12.3. The van der Waals surface area contributed by atoms with Crippen LogP contribution in [-0.2, 0) is 4.79 Å². The number of carbonyl (C=O) groups is 1. The van der Waals surface area contributed by atoms with E-state index in [1.165, 1.54) is 11.9 Å². The molecule has 0 N–H and O–H groups in total. The highest BCUT2D eigenvalue weighted by Crippen LogP contribution is 2.38. The molecular weight excluding hydrogens is 397 g/mol. The molecule has 0 bridgehead atoms. The predicted molar refractivity (Wildman–Crippen MR) is 111 cm³/mol. The number of benzene rings is 2. The molecule has 1 aliphatic rings. The van der Waals surface area contributed by atoms with Gasteiger partial charge < -0.3 is 4.74 Å². The molecule has 5 nitrogen and oxygen atoms in total. The minimum Gasteiger partial charge on any atom is -0.494 e. The molecule has 28 heavy (non-hydrogen) atoms. The molecule has 1 amide bonds. The van der Waals surface area contributed by atoms with Crippen molar-refractivity contribution in [2.45, 2.75) is 19.4 Å². The maximum Gasteiger partial charge on any atom is 0.240 e.